The third-order valence-corrected chi connectivity index (χ3v) is 4.87. The quantitative estimate of drug-likeness (QED) is 0.873. The largest absolute Gasteiger partial charge is 0.341 e. The molecule has 0 bridgehead atoms. The highest BCUT2D eigenvalue weighted by Crippen LogP contribution is 2.43. The number of nitrogens with zero attached hydrogens (tertiary/aromatic N) is 1. The van der Waals surface area contributed by atoms with Gasteiger partial charge in [0.1, 0.15) is 0 Å². The first-order valence-electron chi connectivity index (χ1n) is 7.99. The van der Waals surface area contributed by atoms with Crippen molar-refractivity contribution < 1.29 is 4.79 Å². The third-order valence-electron chi connectivity index (χ3n) is 4.87. The van der Waals surface area contributed by atoms with Crippen molar-refractivity contribution in [2.45, 2.75) is 52.0 Å². The summed E-state index contributed by atoms with van der Waals surface area (Å²) >= 11 is 0. The van der Waals surface area contributed by atoms with Gasteiger partial charge in [0.25, 0.3) is 0 Å². The minimum atomic E-state index is 0.0901. The predicted octanol–water partition coefficient (Wildman–Crippen LogP) is 3.29. The number of nitrogens with two attached hydrogens (primary N) is 1. The van der Waals surface area contributed by atoms with Gasteiger partial charge in [0.2, 0.25) is 5.91 Å². The number of amides is 1. The Bertz CT molecular complexity index is 469. The summed E-state index contributed by atoms with van der Waals surface area (Å²) in [6, 6.07) is 8.57. The van der Waals surface area contributed by atoms with Crippen LogP contribution in [0.2, 0.25) is 0 Å². The molecule has 0 saturated heterocycles. The number of carbonyl (C=O) groups is 1. The van der Waals surface area contributed by atoms with E-state index in [0.717, 1.165) is 12.8 Å². The lowest BCUT2D eigenvalue weighted by Crippen LogP contribution is -2.42. The molecule has 1 fully saturated rings. The summed E-state index contributed by atoms with van der Waals surface area (Å²) in [6.07, 6.45) is 4.02. The van der Waals surface area contributed by atoms with Crippen molar-refractivity contribution in [1.29, 1.82) is 0 Å². The second-order valence-electron chi connectivity index (χ2n) is 6.88. The van der Waals surface area contributed by atoms with Gasteiger partial charge in [0.15, 0.2) is 0 Å². The second-order valence-corrected chi connectivity index (χ2v) is 6.88. The van der Waals surface area contributed by atoms with Gasteiger partial charge in [-0.05, 0) is 41.8 Å². The summed E-state index contributed by atoms with van der Waals surface area (Å²) in [4.78, 5) is 14.2. The molecule has 1 saturated carbocycles. The first kappa shape index (κ1) is 16.0. The molecule has 1 aliphatic carbocycles. The molecule has 1 aromatic carbocycles. The van der Waals surface area contributed by atoms with Gasteiger partial charge < -0.3 is 10.6 Å². The third kappa shape index (κ3) is 3.85. The SMILES string of the molecule is CC(C)c1ccc(CN(C)C(=O)CC2(CN)CCC2)cc1. The van der Waals surface area contributed by atoms with Crippen LogP contribution in [0.25, 0.3) is 0 Å². The van der Waals surface area contributed by atoms with Gasteiger partial charge in [-0.1, -0.05) is 44.5 Å². The van der Waals surface area contributed by atoms with E-state index in [1.807, 2.05) is 11.9 Å². The lowest BCUT2D eigenvalue weighted by molar-refractivity contribution is -0.134. The second kappa shape index (κ2) is 6.61. The number of carbonyl (C=O) groups excluding carboxylic acids is 1. The van der Waals surface area contributed by atoms with Crippen LogP contribution in [0.4, 0.5) is 0 Å². The Labute approximate surface area is 128 Å². The molecule has 3 nitrogen and oxygen atoms in total. The van der Waals surface area contributed by atoms with Gasteiger partial charge in [0.05, 0.1) is 0 Å². The zero-order valence-electron chi connectivity index (χ0n) is 13.6. The first-order valence-corrected chi connectivity index (χ1v) is 7.99. The highest BCUT2D eigenvalue weighted by molar-refractivity contribution is 5.76. The fraction of sp³-hybridized carbons (Fsp3) is 0.611. The van der Waals surface area contributed by atoms with Crippen LogP contribution in [-0.4, -0.2) is 24.4 Å². The van der Waals surface area contributed by atoms with Crippen molar-refractivity contribution in [3.63, 3.8) is 0 Å². The zero-order valence-corrected chi connectivity index (χ0v) is 13.6. The van der Waals surface area contributed by atoms with Crippen LogP contribution in [0, 0.1) is 5.41 Å². The molecule has 116 valence electrons. The molecule has 3 heteroatoms. The Balaban J connectivity index is 1.91. The molecular formula is C18H28N2O. The average molecular weight is 288 g/mol. The van der Waals surface area contributed by atoms with E-state index in [1.54, 1.807) is 0 Å². The molecular weight excluding hydrogens is 260 g/mol. The van der Waals surface area contributed by atoms with E-state index in [1.165, 1.54) is 17.5 Å². The molecule has 0 spiro atoms. The maximum atomic E-state index is 12.4. The molecule has 0 radical (unpaired) electrons. The van der Waals surface area contributed by atoms with E-state index in [-0.39, 0.29) is 11.3 Å². The average Bonchev–Trinajstić information content (AvgIpc) is 2.43. The van der Waals surface area contributed by atoms with Crippen molar-refractivity contribution in [3.8, 4) is 0 Å². The minimum absolute atomic E-state index is 0.0901. The van der Waals surface area contributed by atoms with E-state index in [2.05, 4.69) is 38.1 Å². The van der Waals surface area contributed by atoms with Crippen molar-refractivity contribution in [2.75, 3.05) is 13.6 Å². The highest BCUT2D eigenvalue weighted by Gasteiger charge is 2.38. The lowest BCUT2D eigenvalue weighted by Gasteiger charge is -2.41. The normalized spacial score (nSPS) is 16.6. The Kier molecular flexibility index (Phi) is 5.04. The summed E-state index contributed by atoms with van der Waals surface area (Å²) in [5.41, 5.74) is 8.46. The van der Waals surface area contributed by atoms with E-state index in [4.69, 9.17) is 5.73 Å². The number of benzene rings is 1. The standard InChI is InChI=1S/C18H28N2O/c1-14(2)16-7-5-15(6-8-16)12-20(3)17(21)11-18(13-19)9-4-10-18/h5-8,14H,4,9-13,19H2,1-3H3. The summed E-state index contributed by atoms with van der Waals surface area (Å²) < 4.78 is 0. The van der Waals surface area contributed by atoms with Gasteiger partial charge in [-0.3, -0.25) is 4.79 Å². The molecule has 2 rings (SSSR count). The van der Waals surface area contributed by atoms with E-state index < -0.39 is 0 Å². The zero-order chi connectivity index (χ0) is 15.5. The topological polar surface area (TPSA) is 46.3 Å². The van der Waals surface area contributed by atoms with Crippen molar-refractivity contribution in [2.24, 2.45) is 11.1 Å². The summed E-state index contributed by atoms with van der Waals surface area (Å²) in [5, 5.41) is 0. The Morgan fingerprint density at radius 3 is 2.33 bits per heavy atom. The van der Waals surface area contributed by atoms with E-state index in [9.17, 15) is 4.79 Å². The predicted molar refractivity (Wildman–Crippen MR) is 87.0 cm³/mol. The fourth-order valence-corrected chi connectivity index (χ4v) is 2.96. The number of hydrogen-bond donors (Lipinski definition) is 1. The summed E-state index contributed by atoms with van der Waals surface area (Å²) in [7, 11) is 1.89. The van der Waals surface area contributed by atoms with Crippen LogP contribution in [0.5, 0.6) is 0 Å². The van der Waals surface area contributed by atoms with Crippen LogP contribution in [0.3, 0.4) is 0 Å². The molecule has 0 heterocycles. The van der Waals surface area contributed by atoms with Crippen LogP contribution in [0.15, 0.2) is 24.3 Å². The van der Waals surface area contributed by atoms with Gasteiger partial charge in [-0.2, -0.15) is 0 Å². The smallest absolute Gasteiger partial charge is 0.223 e. The molecule has 1 aliphatic rings. The van der Waals surface area contributed by atoms with E-state index >= 15 is 0 Å². The summed E-state index contributed by atoms with van der Waals surface area (Å²) in [5.74, 6) is 0.759. The van der Waals surface area contributed by atoms with Gasteiger partial charge in [0, 0.05) is 20.0 Å². The van der Waals surface area contributed by atoms with Gasteiger partial charge in [-0.15, -0.1) is 0 Å². The lowest BCUT2D eigenvalue weighted by atomic mass is 9.66. The van der Waals surface area contributed by atoms with Crippen molar-refractivity contribution in [3.05, 3.63) is 35.4 Å². The maximum absolute atomic E-state index is 12.4. The molecule has 0 atom stereocenters. The highest BCUT2D eigenvalue weighted by atomic mass is 16.2. The van der Waals surface area contributed by atoms with Gasteiger partial charge >= 0.3 is 0 Å². The van der Waals surface area contributed by atoms with Crippen LogP contribution in [0.1, 0.15) is 56.6 Å². The number of hydrogen-bond acceptors (Lipinski definition) is 2. The van der Waals surface area contributed by atoms with Crippen LogP contribution < -0.4 is 5.73 Å². The van der Waals surface area contributed by atoms with E-state index in [0.29, 0.717) is 25.4 Å². The summed E-state index contributed by atoms with van der Waals surface area (Å²) in [6.45, 7) is 5.69. The van der Waals surface area contributed by atoms with Crippen LogP contribution in [-0.2, 0) is 11.3 Å². The number of rotatable bonds is 6. The Morgan fingerprint density at radius 2 is 1.90 bits per heavy atom. The molecule has 1 aromatic rings. The molecule has 2 N–H and O–H groups in total. The molecule has 0 aliphatic heterocycles. The van der Waals surface area contributed by atoms with Crippen LogP contribution >= 0.6 is 0 Å². The van der Waals surface area contributed by atoms with Crippen molar-refractivity contribution in [1.82, 2.24) is 4.90 Å². The Hall–Kier alpha value is -1.35. The molecule has 1 amide bonds. The minimum Gasteiger partial charge on any atom is -0.341 e. The maximum Gasteiger partial charge on any atom is 0.223 e. The molecule has 0 aromatic heterocycles. The monoisotopic (exact) mass is 288 g/mol. The first-order chi connectivity index (χ1) is 9.96. The fourth-order valence-electron chi connectivity index (χ4n) is 2.96. The van der Waals surface area contributed by atoms with Gasteiger partial charge in [-0.25, -0.2) is 0 Å². The molecule has 21 heavy (non-hydrogen) atoms. The van der Waals surface area contributed by atoms with Crippen molar-refractivity contribution >= 4 is 5.91 Å². The molecule has 0 unspecified atom stereocenters. The Morgan fingerprint density at radius 1 is 1.29 bits per heavy atom.